The van der Waals surface area contributed by atoms with Crippen molar-refractivity contribution in [2.45, 2.75) is 19.4 Å². The minimum Gasteiger partial charge on any atom is -0.310 e. The Morgan fingerprint density at radius 1 is 1.19 bits per heavy atom. The van der Waals surface area contributed by atoms with E-state index in [0.717, 1.165) is 5.56 Å². The number of halogens is 4. The molecule has 1 N–H and O–H groups in total. The molecule has 0 aliphatic rings. The molecule has 0 aliphatic heterocycles. The van der Waals surface area contributed by atoms with Crippen LogP contribution >= 0.6 is 27.5 Å². The second-order valence-electron chi connectivity index (χ2n) is 4.76. The lowest BCUT2D eigenvalue weighted by atomic mass is 9.98. The molecule has 1 nitrogen and oxygen atoms in total. The van der Waals surface area contributed by atoms with Gasteiger partial charge in [-0.1, -0.05) is 34.5 Å². The van der Waals surface area contributed by atoms with Gasteiger partial charge >= 0.3 is 0 Å². The largest absolute Gasteiger partial charge is 0.310 e. The summed E-state index contributed by atoms with van der Waals surface area (Å²) < 4.78 is 28.2. The molecule has 0 saturated heterocycles. The van der Waals surface area contributed by atoms with Crippen LogP contribution in [-0.2, 0) is 6.42 Å². The quantitative estimate of drug-likeness (QED) is 0.751. The fraction of sp³-hybridized carbons (Fsp3) is 0.250. The number of benzene rings is 2. The highest BCUT2D eigenvalue weighted by molar-refractivity contribution is 9.10. The lowest BCUT2D eigenvalue weighted by molar-refractivity contribution is 0.508. The summed E-state index contributed by atoms with van der Waals surface area (Å²) in [5.41, 5.74) is 1.27. The third-order valence-corrected chi connectivity index (χ3v) is 3.84. The maximum Gasteiger partial charge on any atom is 0.128 e. The highest BCUT2D eigenvalue weighted by Crippen LogP contribution is 2.26. The Morgan fingerprint density at radius 2 is 1.95 bits per heavy atom. The Kier molecular flexibility index (Phi) is 5.73. The highest BCUT2D eigenvalue weighted by Gasteiger charge is 2.16. The zero-order chi connectivity index (χ0) is 15.4. The van der Waals surface area contributed by atoms with E-state index in [4.69, 9.17) is 11.6 Å². The molecule has 1 unspecified atom stereocenters. The topological polar surface area (TPSA) is 12.0 Å². The van der Waals surface area contributed by atoms with Crippen LogP contribution < -0.4 is 5.32 Å². The molecule has 2 rings (SSSR count). The molecule has 2 aromatic rings. The van der Waals surface area contributed by atoms with Crippen LogP contribution in [0.2, 0.25) is 5.02 Å². The van der Waals surface area contributed by atoms with Crippen molar-refractivity contribution in [3.05, 3.63) is 68.7 Å². The normalized spacial score (nSPS) is 12.4. The van der Waals surface area contributed by atoms with Gasteiger partial charge in [0, 0.05) is 21.1 Å². The fourth-order valence-electron chi connectivity index (χ4n) is 2.28. The van der Waals surface area contributed by atoms with Gasteiger partial charge in [0.1, 0.15) is 11.6 Å². The first kappa shape index (κ1) is 16.4. The highest BCUT2D eigenvalue weighted by atomic mass is 79.9. The summed E-state index contributed by atoms with van der Waals surface area (Å²) in [6.45, 7) is 2.62. The molecule has 0 amide bonds. The summed E-state index contributed by atoms with van der Waals surface area (Å²) in [5, 5.41) is 3.70. The molecule has 5 heteroatoms. The molecule has 2 aromatic carbocycles. The van der Waals surface area contributed by atoms with E-state index in [2.05, 4.69) is 21.2 Å². The second-order valence-corrected chi connectivity index (χ2v) is 6.11. The summed E-state index contributed by atoms with van der Waals surface area (Å²) in [7, 11) is 0. The van der Waals surface area contributed by atoms with E-state index in [-0.39, 0.29) is 17.7 Å². The molecule has 0 radical (unpaired) electrons. The van der Waals surface area contributed by atoms with E-state index in [0.29, 0.717) is 28.0 Å². The van der Waals surface area contributed by atoms with Crippen molar-refractivity contribution in [1.82, 2.24) is 5.32 Å². The van der Waals surface area contributed by atoms with E-state index >= 15 is 0 Å². The van der Waals surface area contributed by atoms with E-state index in [1.54, 1.807) is 6.07 Å². The zero-order valence-electron chi connectivity index (χ0n) is 11.5. The van der Waals surface area contributed by atoms with Crippen molar-refractivity contribution in [3.63, 3.8) is 0 Å². The Balaban J connectivity index is 2.32. The fourth-order valence-corrected chi connectivity index (χ4v) is 2.98. The Bertz CT molecular complexity index is 613. The molecule has 1 atom stereocenters. The summed E-state index contributed by atoms with van der Waals surface area (Å²) in [6.07, 6.45) is 0.474. The van der Waals surface area contributed by atoms with Crippen molar-refractivity contribution < 1.29 is 8.78 Å². The Labute approximate surface area is 136 Å². The Hall–Kier alpha value is -0.970. The number of nitrogens with one attached hydrogen (secondary N) is 1. The van der Waals surface area contributed by atoms with E-state index < -0.39 is 0 Å². The number of rotatable bonds is 5. The molecule has 0 heterocycles. The molecule has 0 fully saturated rings. The Morgan fingerprint density at radius 3 is 2.62 bits per heavy atom. The third-order valence-electron chi connectivity index (χ3n) is 3.15. The average Bonchev–Trinajstić information content (AvgIpc) is 2.40. The van der Waals surface area contributed by atoms with Crippen LogP contribution in [0.25, 0.3) is 0 Å². The van der Waals surface area contributed by atoms with Crippen LogP contribution in [0.1, 0.15) is 24.1 Å². The van der Waals surface area contributed by atoms with E-state index in [9.17, 15) is 8.78 Å². The van der Waals surface area contributed by atoms with E-state index in [1.165, 1.54) is 24.3 Å². The monoisotopic (exact) mass is 373 g/mol. The van der Waals surface area contributed by atoms with Gasteiger partial charge in [-0.3, -0.25) is 0 Å². The predicted molar refractivity (Wildman–Crippen MR) is 85.6 cm³/mol. The SMILES string of the molecule is CCNC(Cc1cc(F)cc(Br)c1)c1cc(Cl)ccc1F. The summed E-state index contributed by atoms with van der Waals surface area (Å²) >= 11 is 9.22. The van der Waals surface area contributed by atoms with Gasteiger partial charge in [0.05, 0.1) is 0 Å². The van der Waals surface area contributed by atoms with Crippen LogP contribution in [-0.4, -0.2) is 6.54 Å². The summed E-state index contributed by atoms with van der Waals surface area (Å²) in [6, 6.07) is 8.89. The minimum atomic E-state index is -0.319. The predicted octanol–water partition coefficient (Wildman–Crippen LogP) is 5.27. The van der Waals surface area contributed by atoms with Gasteiger partial charge in [-0.25, -0.2) is 8.78 Å². The maximum atomic E-state index is 14.0. The molecule has 0 aromatic heterocycles. The molecule has 0 saturated carbocycles. The standard InChI is InChI=1S/C16H15BrClF2N/c1-2-21-16(14-9-12(18)3-4-15(14)20)7-10-5-11(17)8-13(19)6-10/h3-6,8-9,16,21H,2,7H2,1H3. The van der Waals surface area contributed by atoms with Gasteiger partial charge in [0.15, 0.2) is 0 Å². The van der Waals surface area contributed by atoms with Gasteiger partial charge in [-0.2, -0.15) is 0 Å². The first-order valence-electron chi connectivity index (χ1n) is 6.63. The van der Waals surface area contributed by atoms with Crippen LogP contribution in [0, 0.1) is 11.6 Å². The van der Waals surface area contributed by atoms with E-state index in [1.807, 2.05) is 13.0 Å². The lowest BCUT2D eigenvalue weighted by Gasteiger charge is -2.19. The van der Waals surface area contributed by atoms with Gasteiger partial charge in [0.25, 0.3) is 0 Å². The van der Waals surface area contributed by atoms with Crippen LogP contribution in [0.15, 0.2) is 40.9 Å². The van der Waals surface area contributed by atoms with Crippen molar-refractivity contribution in [1.29, 1.82) is 0 Å². The van der Waals surface area contributed by atoms with Crippen LogP contribution in [0.3, 0.4) is 0 Å². The van der Waals surface area contributed by atoms with Crippen molar-refractivity contribution in [3.8, 4) is 0 Å². The number of likely N-dealkylation sites (N-methyl/N-ethyl adjacent to an activating group) is 1. The molecule has 0 aliphatic carbocycles. The van der Waals surface area contributed by atoms with Gasteiger partial charge in [-0.05, 0) is 54.9 Å². The average molecular weight is 375 g/mol. The third kappa shape index (κ3) is 4.50. The van der Waals surface area contributed by atoms with Gasteiger partial charge in [-0.15, -0.1) is 0 Å². The number of hydrogen-bond donors (Lipinski definition) is 1. The number of hydrogen-bond acceptors (Lipinski definition) is 1. The first-order chi connectivity index (χ1) is 9.99. The molecular formula is C16H15BrClF2N. The smallest absolute Gasteiger partial charge is 0.128 e. The lowest BCUT2D eigenvalue weighted by Crippen LogP contribution is -2.24. The minimum absolute atomic E-state index is 0.262. The molecule has 112 valence electrons. The van der Waals surface area contributed by atoms with Crippen LogP contribution in [0.5, 0.6) is 0 Å². The molecule has 0 spiro atoms. The second kappa shape index (κ2) is 7.34. The first-order valence-corrected chi connectivity index (χ1v) is 7.80. The van der Waals surface area contributed by atoms with Crippen LogP contribution in [0.4, 0.5) is 8.78 Å². The molecule has 21 heavy (non-hydrogen) atoms. The van der Waals surface area contributed by atoms with Gasteiger partial charge in [0.2, 0.25) is 0 Å². The zero-order valence-corrected chi connectivity index (χ0v) is 13.8. The molecule has 0 bridgehead atoms. The summed E-state index contributed by atoms with van der Waals surface area (Å²) in [5.74, 6) is -0.637. The van der Waals surface area contributed by atoms with Crippen molar-refractivity contribution in [2.24, 2.45) is 0 Å². The summed E-state index contributed by atoms with van der Waals surface area (Å²) in [4.78, 5) is 0. The van der Waals surface area contributed by atoms with Gasteiger partial charge < -0.3 is 5.32 Å². The molecular weight excluding hydrogens is 360 g/mol. The van der Waals surface area contributed by atoms with Crippen molar-refractivity contribution in [2.75, 3.05) is 6.54 Å². The maximum absolute atomic E-state index is 14.0. The van der Waals surface area contributed by atoms with Crippen molar-refractivity contribution >= 4 is 27.5 Å².